The van der Waals surface area contributed by atoms with Crippen LogP contribution in [0.25, 0.3) is 11.3 Å². The summed E-state index contributed by atoms with van der Waals surface area (Å²) < 4.78 is 40.3. The number of nitrogens with two attached hydrogens (primary N) is 2. The summed E-state index contributed by atoms with van der Waals surface area (Å²) in [6, 6.07) is 7.06. The van der Waals surface area contributed by atoms with Crippen LogP contribution < -0.4 is 16.8 Å². The Balaban J connectivity index is 2.22. The van der Waals surface area contributed by atoms with Crippen molar-refractivity contribution < 1.29 is 13.2 Å². The fourth-order valence-corrected chi connectivity index (χ4v) is 2.73. The number of rotatable bonds is 2. The van der Waals surface area contributed by atoms with E-state index in [-0.39, 0.29) is 23.0 Å². The molecule has 0 spiro atoms. The fourth-order valence-electron chi connectivity index (χ4n) is 2.73. The number of guanidine groups is 1. The van der Waals surface area contributed by atoms with Crippen LogP contribution in [-0.2, 0) is 6.18 Å². The third-order valence-electron chi connectivity index (χ3n) is 4.12. The number of pyridine rings is 1. The molecule has 2 aromatic rings. The average molecular weight is 350 g/mol. The van der Waals surface area contributed by atoms with E-state index in [0.29, 0.717) is 11.3 Å². The Morgan fingerprint density at radius 3 is 2.56 bits per heavy atom. The Morgan fingerprint density at radius 2 is 1.92 bits per heavy atom. The van der Waals surface area contributed by atoms with E-state index in [2.05, 4.69) is 15.3 Å². The molecule has 3 rings (SSSR count). The lowest BCUT2D eigenvalue weighted by Gasteiger charge is -2.30. The highest BCUT2D eigenvalue weighted by molar-refractivity contribution is 5.85. The Hall–Kier alpha value is -2.81. The lowest BCUT2D eigenvalue weighted by Crippen LogP contribution is -2.43. The molecule has 1 unspecified atom stereocenters. The molecule has 0 radical (unpaired) electrons. The molecule has 5 N–H and O–H groups in total. The highest BCUT2D eigenvalue weighted by atomic mass is 19.4. The van der Waals surface area contributed by atoms with Crippen LogP contribution in [0.5, 0.6) is 0 Å². The van der Waals surface area contributed by atoms with E-state index in [4.69, 9.17) is 11.5 Å². The minimum absolute atomic E-state index is 0.0402. The molecular weight excluding hydrogens is 333 g/mol. The third-order valence-corrected chi connectivity index (χ3v) is 4.12. The SMILES string of the molecule is CNc1cccc(C(F)(F)F)c1-c1ccc2c(n1)N=C(N)N(C)C2N. The van der Waals surface area contributed by atoms with Crippen LogP contribution in [0.2, 0.25) is 0 Å². The molecule has 1 aromatic carbocycles. The van der Waals surface area contributed by atoms with Crippen molar-refractivity contribution in [2.75, 3.05) is 19.4 Å². The summed E-state index contributed by atoms with van der Waals surface area (Å²) in [5.74, 6) is 0.377. The van der Waals surface area contributed by atoms with Crippen LogP contribution in [0.15, 0.2) is 35.3 Å². The van der Waals surface area contributed by atoms with E-state index in [9.17, 15) is 13.2 Å². The second-order valence-electron chi connectivity index (χ2n) is 5.61. The normalized spacial score (nSPS) is 17.1. The van der Waals surface area contributed by atoms with E-state index in [0.717, 1.165) is 6.07 Å². The number of anilines is 1. The minimum atomic E-state index is -4.52. The Morgan fingerprint density at radius 1 is 1.20 bits per heavy atom. The van der Waals surface area contributed by atoms with Crippen molar-refractivity contribution in [2.24, 2.45) is 16.5 Å². The van der Waals surface area contributed by atoms with Gasteiger partial charge in [0.25, 0.3) is 0 Å². The highest BCUT2D eigenvalue weighted by Crippen LogP contribution is 2.41. The molecule has 132 valence electrons. The van der Waals surface area contributed by atoms with Crippen molar-refractivity contribution in [3.05, 3.63) is 41.5 Å². The minimum Gasteiger partial charge on any atom is -0.388 e. The summed E-state index contributed by atoms with van der Waals surface area (Å²) in [6.45, 7) is 0. The zero-order valence-corrected chi connectivity index (χ0v) is 13.6. The zero-order chi connectivity index (χ0) is 18.4. The molecule has 1 atom stereocenters. The lowest BCUT2D eigenvalue weighted by atomic mass is 10.00. The maximum absolute atomic E-state index is 13.4. The summed E-state index contributed by atoms with van der Waals surface area (Å²) in [5, 5.41) is 2.78. The predicted octanol–water partition coefficient (Wildman–Crippen LogP) is 2.66. The summed E-state index contributed by atoms with van der Waals surface area (Å²) in [4.78, 5) is 9.99. The number of aliphatic imine (C=N–C) groups is 1. The Kier molecular flexibility index (Phi) is 4.03. The van der Waals surface area contributed by atoms with Crippen LogP contribution >= 0.6 is 0 Å². The van der Waals surface area contributed by atoms with Crippen molar-refractivity contribution >= 4 is 17.5 Å². The topological polar surface area (TPSA) is 92.6 Å². The second-order valence-corrected chi connectivity index (χ2v) is 5.61. The van der Waals surface area contributed by atoms with Gasteiger partial charge in [-0.25, -0.2) is 4.98 Å². The van der Waals surface area contributed by atoms with Gasteiger partial charge in [0, 0.05) is 30.9 Å². The summed E-state index contributed by atoms with van der Waals surface area (Å²) in [6.07, 6.45) is -5.07. The van der Waals surface area contributed by atoms with E-state index in [1.165, 1.54) is 12.1 Å². The number of hydrogen-bond donors (Lipinski definition) is 3. The van der Waals surface area contributed by atoms with Gasteiger partial charge in [-0.1, -0.05) is 6.07 Å². The molecule has 1 aliphatic heterocycles. The Bertz CT molecular complexity index is 846. The van der Waals surface area contributed by atoms with Gasteiger partial charge >= 0.3 is 6.18 Å². The number of nitrogens with zero attached hydrogens (tertiary/aromatic N) is 3. The number of alkyl halides is 3. The molecule has 0 bridgehead atoms. The van der Waals surface area contributed by atoms with Gasteiger partial charge in [-0.15, -0.1) is 0 Å². The number of nitrogens with one attached hydrogen (secondary N) is 1. The van der Waals surface area contributed by atoms with Crippen molar-refractivity contribution in [1.82, 2.24) is 9.88 Å². The third kappa shape index (κ3) is 2.86. The van der Waals surface area contributed by atoms with Gasteiger partial charge in [0.05, 0.1) is 11.3 Å². The first kappa shape index (κ1) is 17.0. The molecule has 0 amide bonds. The first-order chi connectivity index (χ1) is 11.7. The van der Waals surface area contributed by atoms with E-state index in [1.54, 1.807) is 31.1 Å². The van der Waals surface area contributed by atoms with Gasteiger partial charge in [-0.3, -0.25) is 0 Å². The molecule has 25 heavy (non-hydrogen) atoms. The highest BCUT2D eigenvalue weighted by Gasteiger charge is 2.35. The van der Waals surface area contributed by atoms with Crippen LogP contribution in [0.4, 0.5) is 24.7 Å². The zero-order valence-electron chi connectivity index (χ0n) is 13.6. The molecule has 0 fully saturated rings. The predicted molar refractivity (Wildman–Crippen MR) is 90.2 cm³/mol. The average Bonchev–Trinajstić information content (AvgIpc) is 2.57. The van der Waals surface area contributed by atoms with E-state index < -0.39 is 17.9 Å². The largest absolute Gasteiger partial charge is 0.417 e. The maximum Gasteiger partial charge on any atom is 0.417 e. The summed E-state index contributed by atoms with van der Waals surface area (Å²) in [5.41, 5.74) is 12.1. The number of hydrogen-bond acceptors (Lipinski definition) is 6. The van der Waals surface area contributed by atoms with Crippen molar-refractivity contribution in [3.8, 4) is 11.3 Å². The fraction of sp³-hybridized carbons (Fsp3) is 0.250. The quantitative estimate of drug-likeness (QED) is 0.774. The van der Waals surface area contributed by atoms with Gasteiger partial charge in [-0.2, -0.15) is 18.2 Å². The number of halogens is 3. The van der Waals surface area contributed by atoms with Gasteiger partial charge < -0.3 is 21.7 Å². The maximum atomic E-state index is 13.4. The second kappa shape index (κ2) is 5.92. The summed E-state index contributed by atoms with van der Waals surface area (Å²) >= 11 is 0. The van der Waals surface area contributed by atoms with Crippen molar-refractivity contribution in [3.63, 3.8) is 0 Å². The van der Waals surface area contributed by atoms with Gasteiger partial charge in [0.2, 0.25) is 0 Å². The number of benzene rings is 1. The van der Waals surface area contributed by atoms with E-state index >= 15 is 0 Å². The van der Waals surface area contributed by atoms with Gasteiger partial charge in [-0.05, 0) is 24.3 Å². The van der Waals surface area contributed by atoms with Gasteiger partial charge in [0.1, 0.15) is 6.17 Å². The van der Waals surface area contributed by atoms with Crippen molar-refractivity contribution in [2.45, 2.75) is 12.3 Å². The molecule has 6 nitrogen and oxygen atoms in total. The number of aromatic nitrogens is 1. The van der Waals surface area contributed by atoms with Crippen molar-refractivity contribution in [1.29, 1.82) is 0 Å². The monoisotopic (exact) mass is 350 g/mol. The first-order valence-corrected chi connectivity index (χ1v) is 7.46. The standard InChI is InChI=1S/C16H17F3N6/c1-22-10-5-3-4-9(16(17,18)19)12(10)11-7-6-8-13(20)25(2)15(21)24-14(8)23-11/h3-7,13,22H,20H2,1-2H3,(H2,21,23,24). The molecule has 2 heterocycles. The molecule has 0 saturated carbocycles. The van der Waals surface area contributed by atoms with Crippen LogP contribution in [0.1, 0.15) is 17.3 Å². The molecule has 9 heteroatoms. The van der Waals surface area contributed by atoms with E-state index in [1.807, 2.05) is 0 Å². The molecule has 0 aliphatic carbocycles. The molecule has 1 aliphatic rings. The van der Waals surface area contributed by atoms with Crippen LogP contribution in [0.3, 0.4) is 0 Å². The Labute approximate surface area is 142 Å². The van der Waals surface area contributed by atoms with Crippen LogP contribution in [-0.4, -0.2) is 29.9 Å². The summed E-state index contributed by atoms with van der Waals surface area (Å²) in [7, 11) is 3.23. The molecule has 1 aromatic heterocycles. The number of fused-ring (bicyclic) bond motifs is 1. The first-order valence-electron chi connectivity index (χ1n) is 7.46. The molecular formula is C16H17F3N6. The molecule has 0 saturated heterocycles. The van der Waals surface area contributed by atoms with Crippen LogP contribution in [0, 0.1) is 0 Å². The van der Waals surface area contributed by atoms with Gasteiger partial charge in [0.15, 0.2) is 11.8 Å². The lowest BCUT2D eigenvalue weighted by molar-refractivity contribution is -0.137. The smallest absolute Gasteiger partial charge is 0.388 e.